The van der Waals surface area contributed by atoms with E-state index in [2.05, 4.69) is 43.9 Å². The average molecular weight is 356 g/mol. The molecule has 9 heteroatoms. The highest BCUT2D eigenvalue weighted by molar-refractivity contribution is 7.98. The van der Waals surface area contributed by atoms with Gasteiger partial charge in [0.15, 0.2) is 11.0 Å². The van der Waals surface area contributed by atoms with Gasteiger partial charge in [0.1, 0.15) is 12.1 Å². The average Bonchev–Trinajstić information content (AvgIpc) is 3.05. The van der Waals surface area contributed by atoms with Crippen molar-refractivity contribution in [2.75, 3.05) is 36.2 Å². The van der Waals surface area contributed by atoms with Gasteiger partial charge in [0.2, 0.25) is 5.65 Å². The fourth-order valence-corrected chi connectivity index (χ4v) is 3.44. The van der Waals surface area contributed by atoms with Crippen LogP contribution >= 0.6 is 11.8 Å². The van der Waals surface area contributed by atoms with Crippen LogP contribution in [0.1, 0.15) is 11.3 Å². The quantitative estimate of drug-likeness (QED) is 0.515. The minimum atomic E-state index is 0.382. The zero-order chi connectivity index (χ0) is 17.6. The summed E-state index contributed by atoms with van der Waals surface area (Å²) >= 11 is 1.57. The molecular weight excluding hydrogens is 336 g/mol. The number of aryl methyl sites for hydroxylation is 1. The lowest BCUT2D eigenvalue weighted by atomic mass is 10.1. The number of aromatic nitrogens is 6. The van der Waals surface area contributed by atoms with Crippen LogP contribution in [0.15, 0.2) is 23.9 Å². The second-order valence-electron chi connectivity index (χ2n) is 6.23. The first-order chi connectivity index (χ1) is 12.1. The van der Waals surface area contributed by atoms with E-state index in [4.69, 9.17) is 4.98 Å². The van der Waals surface area contributed by atoms with Crippen molar-refractivity contribution in [2.45, 2.75) is 25.0 Å². The molecule has 3 aromatic heterocycles. The topological polar surface area (TPSA) is 75.3 Å². The number of fused-ring (bicyclic) bond motifs is 1. The number of likely N-dealkylation sites (N-methyl/N-ethyl adjacent to an activating group) is 1. The van der Waals surface area contributed by atoms with Crippen LogP contribution in [0.5, 0.6) is 0 Å². The van der Waals surface area contributed by atoms with Crippen LogP contribution in [0.3, 0.4) is 0 Å². The van der Waals surface area contributed by atoms with Gasteiger partial charge in [-0.05, 0) is 20.1 Å². The lowest BCUT2D eigenvalue weighted by Gasteiger charge is -2.45. The first-order valence-corrected chi connectivity index (χ1v) is 9.32. The van der Waals surface area contributed by atoms with E-state index in [1.807, 2.05) is 23.8 Å². The van der Waals surface area contributed by atoms with Gasteiger partial charge in [0, 0.05) is 43.8 Å². The van der Waals surface area contributed by atoms with Gasteiger partial charge in [-0.1, -0.05) is 11.8 Å². The summed E-state index contributed by atoms with van der Waals surface area (Å²) in [6.45, 7) is 5.89. The van der Waals surface area contributed by atoms with Crippen LogP contribution in [0.4, 0.5) is 11.6 Å². The van der Waals surface area contributed by atoms with Gasteiger partial charge >= 0.3 is 0 Å². The van der Waals surface area contributed by atoms with Crippen LogP contribution in [-0.2, 0) is 0 Å². The lowest BCUT2D eigenvalue weighted by molar-refractivity contribution is 0.488. The molecule has 4 heterocycles. The predicted octanol–water partition coefficient (Wildman–Crippen LogP) is 1.58. The maximum atomic E-state index is 4.71. The van der Waals surface area contributed by atoms with Gasteiger partial charge in [0.25, 0.3) is 0 Å². The maximum absolute atomic E-state index is 4.71. The molecule has 8 nitrogen and oxygen atoms in total. The highest BCUT2D eigenvalue weighted by Gasteiger charge is 2.34. The van der Waals surface area contributed by atoms with E-state index in [-0.39, 0.29) is 0 Å². The number of hydrogen-bond donors (Lipinski definition) is 0. The van der Waals surface area contributed by atoms with Crippen molar-refractivity contribution in [1.82, 2.24) is 29.5 Å². The minimum absolute atomic E-state index is 0.382. The molecule has 0 N–H and O–H groups in total. The van der Waals surface area contributed by atoms with E-state index in [1.165, 1.54) is 0 Å². The summed E-state index contributed by atoms with van der Waals surface area (Å²) in [5, 5.41) is 8.95. The van der Waals surface area contributed by atoms with Crippen LogP contribution in [0.2, 0.25) is 0 Å². The van der Waals surface area contributed by atoms with Crippen molar-refractivity contribution in [2.24, 2.45) is 0 Å². The third-order valence-corrected chi connectivity index (χ3v) is 5.31. The Morgan fingerprint density at radius 2 is 2.04 bits per heavy atom. The molecule has 25 heavy (non-hydrogen) atoms. The van der Waals surface area contributed by atoms with Gasteiger partial charge < -0.3 is 9.80 Å². The molecule has 0 radical (unpaired) electrons. The minimum Gasteiger partial charge on any atom is -0.353 e. The normalized spacial score (nSPS) is 14.8. The summed E-state index contributed by atoms with van der Waals surface area (Å²) in [4.78, 5) is 18.2. The fraction of sp³-hybridized carbons (Fsp3) is 0.438. The highest BCUT2D eigenvalue weighted by Crippen LogP contribution is 2.29. The Morgan fingerprint density at radius 3 is 2.80 bits per heavy atom. The Kier molecular flexibility index (Phi) is 3.95. The third kappa shape index (κ3) is 2.68. The molecule has 4 rings (SSSR count). The molecule has 0 bridgehead atoms. The molecule has 3 aromatic rings. The predicted molar refractivity (Wildman–Crippen MR) is 98.5 cm³/mol. The van der Waals surface area contributed by atoms with Crippen molar-refractivity contribution in [1.29, 1.82) is 0 Å². The van der Waals surface area contributed by atoms with E-state index < -0.39 is 0 Å². The summed E-state index contributed by atoms with van der Waals surface area (Å²) in [6.07, 6.45) is 7.34. The Hall–Kier alpha value is -2.42. The second kappa shape index (κ2) is 6.14. The molecule has 1 aliphatic rings. The van der Waals surface area contributed by atoms with Crippen molar-refractivity contribution >= 4 is 29.0 Å². The van der Waals surface area contributed by atoms with Crippen LogP contribution in [0.25, 0.3) is 5.65 Å². The maximum Gasteiger partial charge on any atom is 0.203 e. The molecule has 0 unspecified atom stereocenters. The first-order valence-electron chi connectivity index (χ1n) is 8.10. The fourth-order valence-electron chi connectivity index (χ4n) is 3.04. The summed E-state index contributed by atoms with van der Waals surface area (Å²) in [5.41, 5.74) is 2.96. The summed E-state index contributed by atoms with van der Waals surface area (Å²) in [6, 6.07) is 0.382. The van der Waals surface area contributed by atoms with Crippen molar-refractivity contribution in [3.63, 3.8) is 0 Å². The van der Waals surface area contributed by atoms with Crippen molar-refractivity contribution < 1.29 is 0 Å². The van der Waals surface area contributed by atoms with E-state index >= 15 is 0 Å². The number of thioether (sulfide) groups is 1. The number of hydrogen-bond acceptors (Lipinski definition) is 8. The molecule has 130 valence electrons. The smallest absolute Gasteiger partial charge is 0.203 e. The SMILES string of the molecule is CSc1nc(C)c(C)c(N(C)C2CN(c3nccn4cnnc34)C2)n1. The number of rotatable bonds is 4. The second-order valence-corrected chi connectivity index (χ2v) is 7.00. The molecule has 0 saturated carbocycles. The van der Waals surface area contributed by atoms with E-state index in [1.54, 1.807) is 24.3 Å². The summed E-state index contributed by atoms with van der Waals surface area (Å²) in [7, 11) is 2.10. The van der Waals surface area contributed by atoms with Gasteiger partial charge in [-0.25, -0.2) is 15.0 Å². The molecule has 1 aliphatic heterocycles. The van der Waals surface area contributed by atoms with E-state index in [9.17, 15) is 0 Å². The van der Waals surface area contributed by atoms with Crippen molar-refractivity contribution in [3.8, 4) is 0 Å². The molecule has 0 aliphatic carbocycles. The molecule has 0 amide bonds. The first kappa shape index (κ1) is 16.1. The molecule has 1 fully saturated rings. The molecule has 0 atom stereocenters. The van der Waals surface area contributed by atoms with Crippen LogP contribution in [0, 0.1) is 13.8 Å². The van der Waals surface area contributed by atoms with Gasteiger partial charge in [-0.2, -0.15) is 0 Å². The number of nitrogens with zero attached hydrogens (tertiary/aromatic N) is 8. The van der Waals surface area contributed by atoms with Crippen LogP contribution < -0.4 is 9.80 Å². The lowest BCUT2D eigenvalue weighted by Crippen LogP contribution is -2.59. The highest BCUT2D eigenvalue weighted by atomic mass is 32.2. The Bertz CT molecular complexity index is 918. The monoisotopic (exact) mass is 356 g/mol. The van der Waals surface area contributed by atoms with Crippen molar-refractivity contribution in [3.05, 3.63) is 30.0 Å². The molecule has 0 aromatic carbocycles. The Labute approximate surface area is 150 Å². The van der Waals surface area contributed by atoms with E-state index in [0.717, 1.165) is 46.8 Å². The molecule has 0 spiro atoms. The van der Waals surface area contributed by atoms with Gasteiger partial charge in [0.05, 0.1) is 6.04 Å². The molecule has 1 saturated heterocycles. The Morgan fingerprint density at radius 1 is 1.24 bits per heavy atom. The number of anilines is 2. The molecular formula is C16H20N8S. The summed E-state index contributed by atoms with van der Waals surface area (Å²) < 4.78 is 1.89. The van der Waals surface area contributed by atoms with E-state index in [0.29, 0.717) is 6.04 Å². The Balaban J connectivity index is 1.54. The van der Waals surface area contributed by atoms with Crippen LogP contribution in [-0.4, -0.2) is 62.0 Å². The zero-order valence-corrected chi connectivity index (χ0v) is 15.5. The standard InChI is InChI=1S/C16H20N8S/c1-10-11(2)19-16(25-4)20-13(10)22(3)12-7-24(8-12)14-15-21-18-9-23(15)6-5-17-14/h5-6,9,12H,7-8H2,1-4H3. The zero-order valence-electron chi connectivity index (χ0n) is 14.7. The largest absolute Gasteiger partial charge is 0.353 e. The van der Waals surface area contributed by atoms with Gasteiger partial charge in [-0.15, -0.1) is 10.2 Å². The third-order valence-electron chi connectivity index (χ3n) is 4.77. The summed E-state index contributed by atoms with van der Waals surface area (Å²) in [5.74, 6) is 1.89. The van der Waals surface area contributed by atoms with Gasteiger partial charge in [-0.3, -0.25) is 4.40 Å².